The molecular formula is C32H49N3O6. The Balaban J connectivity index is 3.49. The Labute approximate surface area is 246 Å². The van der Waals surface area contributed by atoms with Gasteiger partial charge in [-0.3, -0.25) is 14.4 Å². The molecule has 2 unspecified atom stereocenters. The summed E-state index contributed by atoms with van der Waals surface area (Å²) in [7, 11) is 0. The zero-order valence-corrected chi connectivity index (χ0v) is 25.9. The molecule has 2 N–H and O–H groups in total. The second-order valence-corrected chi connectivity index (χ2v) is 11.3. The molecule has 0 aromatic heterocycles. The molecule has 1 rings (SSSR count). The quantitative estimate of drug-likeness (QED) is 0.162. The predicted molar refractivity (Wildman–Crippen MR) is 160 cm³/mol. The lowest BCUT2D eigenvalue weighted by Gasteiger charge is -2.36. The second kappa shape index (κ2) is 18.0. The first-order chi connectivity index (χ1) is 19.4. The van der Waals surface area contributed by atoms with E-state index in [2.05, 4.69) is 23.5 Å². The predicted octanol–water partition coefficient (Wildman–Crippen LogP) is 5.13. The van der Waals surface area contributed by atoms with E-state index in [-0.39, 0.29) is 32.0 Å². The van der Waals surface area contributed by atoms with E-state index in [1.165, 1.54) is 4.90 Å². The number of ether oxygens (including phenoxy) is 2. The van der Waals surface area contributed by atoms with Crippen molar-refractivity contribution >= 4 is 23.9 Å². The van der Waals surface area contributed by atoms with Crippen LogP contribution in [0, 0.1) is 18.3 Å². The van der Waals surface area contributed by atoms with Crippen molar-refractivity contribution in [2.75, 3.05) is 19.7 Å². The van der Waals surface area contributed by atoms with Crippen LogP contribution in [0.4, 0.5) is 4.79 Å². The van der Waals surface area contributed by atoms with Gasteiger partial charge in [-0.2, -0.15) is 0 Å². The summed E-state index contributed by atoms with van der Waals surface area (Å²) in [6.07, 6.45) is 9.75. The highest BCUT2D eigenvalue weighted by Crippen LogP contribution is 2.27. The van der Waals surface area contributed by atoms with E-state index in [4.69, 9.17) is 15.9 Å². The molecule has 1 aromatic rings. The van der Waals surface area contributed by atoms with Gasteiger partial charge in [0, 0.05) is 18.7 Å². The number of benzene rings is 1. The molecular weight excluding hydrogens is 522 g/mol. The monoisotopic (exact) mass is 571 g/mol. The third-order valence-electron chi connectivity index (χ3n) is 6.30. The van der Waals surface area contributed by atoms with E-state index < -0.39 is 41.6 Å². The van der Waals surface area contributed by atoms with Crippen molar-refractivity contribution in [3.05, 3.63) is 35.4 Å². The van der Waals surface area contributed by atoms with Gasteiger partial charge in [-0.05, 0) is 51.7 Å². The maximum atomic E-state index is 14.2. The topological polar surface area (TPSA) is 114 Å². The minimum absolute atomic E-state index is 0.0110. The number of amides is 3. The van der Waals surface area contributed by atoms with Gasteiger partial charge in [-0.1, -0.05) is 70.6 Å². The van der Waals surface area contributed by atoms with Gasteiger partial charge in [0.05, 0.1) is 13.0 Å². The van der Waals surface area contributed by atoms with Crippen molar-refractivity contribution in [3.63, 3.8) is 0 Å². The van der Waals surface area contributed by atoms with Crippen LogP contribution in [0.2, 0.25) is 0 Å². The lowest BCUT2D eigenvalue weighted by atomic mass is 9.95. The van der Waals surface area contributed by atoms with Crippen molar-refractivity contribution in [1.29, 1.82) is 0 Å². The summed E-state index contributed by atoms with van der Waals surface area (Å²) < 4.78 is 10.4. The Morgan fingerprint density at radius 3 is 2.27 bits per heavy atom. The van der Waals surface area contributed by atoms with Crippen molar-refractivity contribution in [1.82, 2.24) is 15.5 Å². The normalized spacial score (nSPS) is 12.6. The van der Waals surface area contributed by atoms with Gasteiger partial charge in [-0.25, -0.2) is 4.79 Å². The molecule has 0 fully saturated rings. The molecule has 0 saturated heterocycles. The molecule has 0 heterocycles. The van der Waals surface area contributed by atoms with Crippen LogP contribution >= 0.6 is 0 Å². The van der Waals surface area contributed by atoms with Crippen molar-refractivity contribution < 1.29 is 28.7 Å². The van der Waals surface area contributed by atoms with Crippen molar-refractivity contribution in [2.24, 2.45) is 5.92 Å². The number of hydrogen-bond acceptors (Lipinski definition) is 6. The first-order valence-electron chi connectivity index (χ1n) is 14.6. The molecule has 0 radical (unpaired) electrons. The van der Waals surface area contributed by atoms with E-state index in [1.54, 1.807) is 52.0 Å². The SMILES string of the molecule is C#Cc1ccccc1C(C(=O)NCCC(=O)OCC)N(CCCCCCC)C(=O)C(NC(=O)OC(C)(C)C)C(C)C. The molecule has 0 aliphatic heterocycles. The Hall–Kier alpha value is -3.54. The number of nitrogens with one attached hydrogen (secondary N) is 2. The van der Waals surface area contributed by atoms with Crippen LogP contribution < -0.4 is 10.6 Å². The number of nitrogens with zero attached hydrogens (tertiary/aromatic N) is 1. The van der Waals surface area contributed by atoms with Crippen molar-refractivity contribution in [3.8, 4) is 12.3 Å². The number of esters is 1. The molecule has 0 saturated carbocycles. The van der Waals surface area contributed by atoms with Gasteiger partial charge in [0.2, 0.25) is 11.8 Å². The molecule has 2 atom stereocenters. The molecule has 0 spiro atoms. The summed E-state index contributed by atoms with van der Waals surface area (Å²) in [4.78, 5) is 54.1. The molecule has 228 valence electrons. The third kappa shape index (κ3) is 12.7. The summed E-state index contributed by atoms with van der Waals surface area (Å²) in [5, 5.41) is 5.52. The number of alkyl carbamates (subject to hydrolysis) is 1. The van der Waals surface area contributed by atoms with Gasteiger partial charge in [0.15, 0.2) is 0 Å². The van der Waals surface area contributed by atoms with Gasteiger partial charge in [-0.15, -0.1) is 6.42 Å². The van der Waals surface area contributed by atoms with Crippen LogP contribution in [0.5, 0.6) is 0 Å². The zero-order chi connectivity index (χ0) is 31.0. The van der Waals surface area contributed by atoms with Gasteiger partial charge < -0.3 is 25.0 Å². The average Bonchev–Trinajstić information content (AvgIpc) is 2.89. The van der Waals surface area contributed by atoms with Crippen LogP contribution in [0.3, 0.4) is 0 Å². The minimum atomic E-state index is -1.08. The fourth-order valence-electron chi connectivity index (χ4n) is 4.31. The summed E-state index contributed by atoms with van der Waals surface area (Å²) in [6, 6.07) is 4.95. The Bertz CT molecular complexity index is 1040. The van der Waals surface area contributed by atoms with Gasteiger partial charge >= 0.3 is 12.1 Å². The number of unbranched alkanes of at least 4 members (excludes halogenated alkanes) is 4. The summed E-state index contributed by atoms with van der Waals surface area (Å²) in [5.41, 5.74) is 0.217. The largest absolute Gasteiger partial charge is 0.466 e. The van der Waals surface area contributed by atoms with E-state index in [1.807, 2.05) is 13.8 Å². The Morgan fingerprint density at radius 2 is 1.68 bits per heavy atom. The van der Waals surface area contributed by atoms with Crippen molar-refractivity contribution in [2.45, 2.75) is 105 Å². The highest BCUT2D eigenvalue weighted by Gasteiger charge is 2.38. The van der Waals surface area contributed by atoms with E-state index in [9.17, 15) is 19.2 Å². The molecule has 0 aliphatic carbocycles. The summed E-state index contributed by atoms with van der Waals surface area (Å²) >= 11 is 0. The van der Waals surface area contributed by atoms with Crippen LogP contribution in [0.25, 0.3) is 0 Å². The highest BCUT2D eigenvalue weighted by molar-refractivity contribution is 5.92. The average molecular weight is 572 g/mol. The molecule has 9 heteroatoms. The zero-order valence-electron chi connectivity index (χ0n) is 25.9. The Kier molecular flexibility index (Phi) is 15.6. The number of carbonyl (C=O) groups is 4. The standard InChI is InChI=1S/C32H49N3O6/c1-9-12-13-14-17-22-35(30(38)27(23(4)5)34-31(39)41-32(6,7)8)28(25-19-16-15-18-24(25)10-2)29(37)33-21-20-26(36)40-11-3/h2,15-16,18-19,23,27-28H,9,11-14,17,20-22H2,1,3-8H3,(H,33,37)(H,34,39). The smallest absolute Gasteiger partial charge is 0.408 e. The fraction of sp³-hybridized carbons (Fsp3) is 0.625. The molecule has 3 amide bonds. The first-order valence-corrected chi connectivity index (χ1v) is 14.6. The lowest BCUT2D eigenvalue weighted by Crippen LogP contribution is -2.55. The maximum Gasteiger partial charge on any atom is 0.408 e. The van der Waals surface area contributed by atoms with E-state index in [0.717, 1.165) is 25.7 Å². The van der Waals surface area contributed by atoms with Crippen LogP contribution in [-0.4, -0.2) is 60.1 Å². The number of rotatable bonds is 16. The minimum Gasteiger partial charge on any atom is -0.466 e. The fourth-order valence-corrected chi connectivity index (χ4v) is 4.31. The summed E-state index contributed by atoms with van der Waals surface area (Å²) in [5.74, 6) is 1.01. The van der Waals surface area contributed by atoms with Crippen LogP contribution in [0.15, 0.2) is 24.3 Å². The molecule has 0 bridgehead atoms. The summed E-state index contributed by atoms with van der Waals surface area (Å²) in [6.45, 7) is 13.3. The van der Waals surface area contributed by atoms with Crippen LogP contribution in [-0.2, 0) is 23.9 Å². The highest BCUT2D eigenvalue weighted by atomic mass is 16.6. The van der Waals surface area contributed by atoms with E-state index in [0.29, 0.717) is 17.5 Å². The molecule has 41 heavy (non-hydrogen) atoms. The van der Waals surface area contributed by atoms with Gasteiger partial charge in [0.25, 0.3) is 0 Å². The van der Waals surface area contributed by atoms with Gasteiger partial charge in [0.1, 0.15) is 17.7 Å². The maximum absolute atomic E-state index is 14.2. The Morgan fingerprint density at radius 1 is 1.02 bits per heavy atom. The molecule has 0 aliphatic rings. The molecule has 9 nitrogen and oxygen atoms in total. The second-order valence-electron chi connectivity index (χ2n) is 11.3. The third-order valence-corrected chi connectivity index (χ3v) is 6.30. The lowest BCUT2D eigenvalue weighted by molar-refractivity contribution is -0.144. The number of carbonyl (C=O) groups excluding carboxylic acids is 4. The molecule has 1 aromatic carbocycles. The van der Waals surface area contributed by atoms with E-state index >= 15 is 0 Å². The number of hydrogen-bond donors (Lipinski definition) is 2. The number of terminal acetylenes is 1. The first kappa shape index (κ1) is 35.5. The van der Waals surface area contributed by atoms with Crippen LogP contribution in [0.1, 0.15) is 104 Å².